The van der Waals surface area contributed by atoms with Crippen LogP contribution in [-0.4, -0.2) is 106 Å². The summed E-state index contributed by atoms with van der Waals surface area (Å²) in [6.45, 7) is 9.19. The van der Waals surface area contributed by atoms with E-state index in [4.69, 9.17) is 16.2 Å². The van der Waals surface area contributed by atoms with E-state index in [1.165, 1.54) is 23.1 Å². The first-order valence-electron chi connectivity index (χ1n) is 25.1. The van der Waals surface area contributed by atoms with E-state index in [-0.39, 0.29) is 73.8 Å². The Bertz CT molecular complexity index is 2710. The molecule has 0 radical (unpaired) electrons. The Morgan fingerprint density at radius 1 is 1.01 bits per heavy atom. The number of rotatable bonds is 18. The van der Waals surface area contributed by atoms with Gasteiger partial charge in [0.25, 0.3) is 5.91 Å². The molecule has 19 heteroatoms. The van der Waals surface area contributed by atoms with Gasteiger partial charge in [0.1, 0.15) is 35.5 Å². The van der Waals surface area contributed by atoms with E-state index in [9.17, 15) is 33.6 Å². The second-order valence-corrected chi connectivity index (χ2v) is 20.3. The van der Waals surface area contributed by atoms with Crippen LogP contribution in [0.1, 0.15) is 130 Å². The lowest BCUT2D eigenvalue weighted by Gasteiger charge is -2.40. The van der Waals surface area contributed by atoms with Crippen LogP contribution in [0.5, 0.6) is 5.75 Å². The van der Waals surface area contributed by atoms with Crippen molar-refractivity contribution in [3.63, 3.8) is 0 Å². The quantitative estimate of drug-likeness (QED) is 0.0801. The number of amides is 5. The zero-order valence-electron chi connectivity index (χ0n) is 42.4. The number of benzene rings is 2. The summed E-state index contributed by atoms with van der Waals surface area (Å²) in [5.74, 6) is -1.15. The Morgan fingerprint density at radius 2 is 1.76 bits per heavy atom. The minimum atomic E-state index is -0.880. The number of primary amides is 1. The van der Waals surface area contributed by atoms with E-state index < -0.39 is 35.3 Å². The maximum Gasteiger partial charge on any atom is 0.254 e. The molecule has 1 saturated heterocycles. The summed E-state index contributed by atoms with van der Waals surface area (Å²) in [5.41, 5.74) is 16.9. The number of nitrogens with one attached hydrogen (secondary N) is 3. The number of pyridine rings is 1. The summed E-state index contributed by atoms with van der Waals surface area (Å²) in [6, 6.07) is 11.5. The van der Waals surface area contributed by atoms with E-state index in [1.54, 1.807) is 36.8 Å². The van der Waals surface area contributed by atoms with Crippen molar-refractivity contribution in [2.45, 2.75) is 136 Å². The highest BCUT2D eigenvalue weighted by molar-refractivity contribution is 5.96. The smallest absolute Gasteiger partial charge is 0.254 e. The summed E-state index contributed by atoms with van der Waals surface area (Å²) in [7, 11) is 3.34. The molecule has 18 nitrogen and oxygen atoms in total. The molecule has 0 aliphatic carbocycles. The van der Waals surface area contributed by atoms with Gasteiger partial charge in [-0.3, -0.25) is 28.7 Å². The van der Waals surface area contributed by atoms with Crippen LogP contribution >= 0.6 is 0 Å². The molecule has 3 aliphatic rings. The van der Waals surface area contributed by atoms with Gasteiger partial charge in [0.15, 0.2) is 5.69 Å². The molecule has 0 saturated carbocycles. The number of nitrogens with zero attached hydrogens (tertiary/aromatic N) is 7. The molecule has 5 heterocycles. The summed E-state index contributed by atoms with van der Waals surface area (Å²) >= 11 is 0. The first-order chi connectivity index (χ1) is 34.4. The SMILES string of the molecule is CN[C@@H](C)C(=O)N[C@H](C(=O)N1Cc2cc(OCCCCCCCCC(=O)NCCn3nc(C#N)c4c3CN(C)C(=O)c3ccc(F)cc3[C@H]3CCCN3c3cc-4cnc3N)ccc2C[C@H]1C(N)=O)C(C)(C)C. The van der Waals surface area contributed by atoms with E-state index in [0.29, 0.717) is 65.4 Å². The molecule has 7 rings (SSSR count). The Kier molecular flexibility index (Phi) is 16.8. The number of nitrogens with two attached hydrogens (primary N) is 2. The number of unbranched alkanes of at least 4 members (excludes halogenated alkanes) is 5. The van der Waals surface area contributed by atoms with Crippen LogP contribution in [0.4, 0.5) is 15.9 Å². The van der Waals surface area contributed by atoms with Gasteiger partial charge in [0.2, 0.25) is 23.6 Å². The lowest BCUT2D eigenvalue weighted by atomic mass is 9.84. The highest BCUT2D eigenvalue weighted by atomic mass is 19.1. The average Bonchev–Trinajstić information content (AvgIpc) is 3.98. The fraction of sp³-hybridized carbons (Fsp3) is 0.509. The molecule has 5 amide bonds. The van der Waals surface area contributed by atoms with Gasteiger partial charge in [0, 0.05) is 62.4 Å². The number of hydrogen-bond donors (Lipinski definition) is 5. The van der Waals surface area contributed by atoms with Crippen LogP contribution in [0.2, 0.25) is 0 Å². The van der Waals surface area contributed by atoms with Crippen LogP contribution in [0.15, 0.2) is 48.7 Å². The van der Waals surface area contributed by atoms with Gasteiger partial charge in [-0.25, -0.2) is 9.37 Å². The zero-order valence-corrected chi connectivity index (χ0v) is 42.4. The number of carbonyl (C=O) groups is 5. The lowest BCUT2D eigenvalue weighted by Crippen LogP contribution is -2.61. The third-order valence-electron chi connectivity index (χ3n) is 14.1. The fourth-order valence-electron chi connectivity index (χ4n) is 9.96. The molecular formula is C53H69FN12O6. The summed E-state index contributed by atoms with van der Waals surface area (Å²) in [5, 5.41) is 23.7. The largest absolute Gasteiger partial charge is 0.494 e. The van der Waals surface area contributed by atoms with Crippen LogP contribution in [0, 0.1) is 22.6 Å². The second kappa shape index (κ2) is 23.0. The number of fused-ring (bicyclic) bond motifs is 9. The molecule has 0 spiro atoms. The molecule has 72 heavy (non-hydrogen) atoms. The number of ether oxygens (including phenoxy) is 1. The molecule has 1 fully saturated rings. The van der Waals surface area contributed by atoms with Crippen molar-refractivity contribution >= 4 is 41.0 Å². The fourth-order valence-corrected chi connectivity index (χ4v) is 9.96. The van der Waals surface area contributed by atoms with Crippen LogP contribution < -0.4 is 37.1 Å². The van der Waals surface area contributed by atoms with Gasteiger partial charge in [-0.05, 0) is 98.2 Å². The number of halogens is 1. The van der Waals surface area contributed by atoms with E-state index in [1.807, 2.05) is 45.0 Å². The molecule has 2 bridgehead atoms. The van der Waals surface area contributed by atoms with Gasteiger partial charge in [-0.15, -0.1) is 0 Å². The first-order valence-corrected chi connectivity index (χ1v) is 25.1. The van der Waals surface area contributed by atoms with Gasteiger partial charge >= 0.3 is 0 Å². The Balaban J connectivity index is 0.875. The highest BCUT2D eigenvalue weighted by Gasteiger charge is 2.42. The van der Waals surface area contributed by atoms with Crippen LogP contribution in [0.25, 0.3) is 11.1 Å². The lowest BCUT2D eigenvalue weighted by molar-refractivity contribution is -0.146. The minimum absolute atomic E-state index is 0.0869. The number of aromatic nitrogens is 3. The molecule has 7 N–H and O–H groups in total. The van der Waals surface area contributed by atoms with Gasteiger partial charge in [-0.1, -0.05) is 52.5 Å². The predicted octanol–water partition coefficient (Wildman–Crippen LogP) is 5.27. The minimum Gasteiger partial charge on any atom is -0.494 e. The topological polar surface area (TPSA) is 247 Å². The average molecular weight is 989 g/mol. The van der Waals surface area contributed by atoms with Crippen molar-refractivity contribution in [1.82, 2.24) is 40.5 Å². The highest BCUT2D eigenvalue weighted by Crippen LogP contribution is 2.43. The summed E-state index contributed by atoms with van der Waals surface area (Å²) < 4.78 is 22.5. The second-order valence-electron chi connectivity index (χ2n) is 20.3. The van der Waals surface area contributed by atoms with Gasteiger partial charge in [-0.2, -0.15) is 10.4 Å². The summed E-state index contributed by atoms with van der Waals surface area (Å²) in [4.78, 5) is 76.2. The normalized spacial score (nSPS) is 17.2. The number of nitriles is 1. The third kappa shape index (κ3) is 12.0. The van der Waals surface area contributed by atoms with Crippen molar-refractivity contribution in [3.8, 4) is 22.9 Å². The Morgan fingerprint density at radius 3 is 2.49 bits per heavy atom. The van der Waals surface area contributed by atoms with Crippen molar-refractivity contribution in [2.75, 3.05) is 44.4 Å². The number of carbonyl (C=O) groups excluding carboxylic acids is 5. The molecule has 0 unspecified atom stereocenters. The number of nitrogen functional groups attached to an aromatic ring is 1. The first kappa shape index (κ1) is 52.7. The van der Waals surface area contributed by atoms with Crippen molar-refractivity contribution < 1.29 is 33.1 Å². The predicted molar refractivity (Wildman–Crippen MR) is 271 cm³/mol. The van der Waals surface area contributed by atoms with Crippen LogP contribution in [-0.2, 0) is 45.2 Å². The van der Waals surface area contributed by atoms with Crippen LogP contribution in [0.3, 0.4) is 0 Å². The van der Waals surface area contributed by atoms with Gasteiger partial charge < -0.3 is 46.9 Å². The molecule has 4 aromatic rings. The molecule has 384 valence electrons. The Hall–Kier alpha value is -7.07. The van der Waals surface area contributed by atoms with Crippen molar-refractivity contribution in [3.05, 3.63) is 88.1 Å². The zero-order chi connectivity index (χ0) is 51.9. The molecule has 3 aliphatic heterocycles. The molecule has 4 atom stereocenters. The maximum absolute atomic E-state index is 14.8. The molecular weight excluding hydrogens is 920 g/mol. The molecule has 2 aromatic heterocycles. The Labute approximate surface area is 421 Å². The summed E-state index contributed by atoms with van der Waals surface area (Å²) in [6.07, 6.45) is 9.08. The number of anilines is 2. The molecule has 2 aromatic carbocycles. The monoisotopic (exact) mass is 989 g/mol. The van der Waals surface area contributed by atoms with Crippen molar-refractivity contribution in [2.24, 2.45) is 11.1 Å². The van der Waals surface area contributed by atoms with Gasteiger partial charge in [0.05, 0.1) is 43.2 Å². The number of likely N-dealkylation sites (N-methyl/N-ethyl adjacent to an activating group) is 1. The van der Waals surface area contributed by atoms with Crippen molar-refractivity contribution in [1.29, 1.82) is 5.26 Å². The third-order valence-corrected chi connectivity index (χ3v) is 14.1. The maximum atomic E-state index is 14.8. The van der Waals surface area contributed by atoms with E-state index in [0.717, 1.165) is 56.1 Å². The number of hydrogen-bond acceptors (Lipinski definition) is 12. The van der Waals surface area contributed by atoms with E-state index in [2.05, 4.69) is 37.0 Å². The van der Waals surface area contributed by atoms with E-state index >= 15 is 0 Å². The standard InChI is InChI=1S/C53H69FN12O6/c1-32(58-5)50(69)61-47(53(2,3)4)52(71)65-30-35-24-37(18-16-33(35)25-43(65)49(57)68)72-23-12-10-8-7-9-11-15-45(67)59-20-22-66-44-31-63(6)51(70)38-19-17-36(54)27-39(38)41-14-13-21-64(41)42-26-34(29-60-48(42)56)46(44)40(28-55)62-66/h16-19,24,26-27,29,32,41,43,47,58H,7-15,20-23,25,30-31H2,1-6H3,(H2,56,60)(H2,57,68)(H,59,67)(H,61,69)/t32-,41+,43-,47+/m0/s1.